The topological polar surface area (TPSA) is 114 Å². The Balaban J connectivity index is 1.68. The van der Waals surface area contributed by atoms with Crippen molar-refractivity contribution in [2.45, 2.75) is 10.8 Å². The van der Waals surface area contributed by atoms with Gasteiger partial charge in [-0.15, -0.1) is 0 Å². The molecule has 42 heavy (non-hydrogen) atoms. The molecule has 0 amide bonds. The number of para-hydroxylation sites is 3. The molecule has 1 atom stereocenters. The molecular formula is C33H25N3O5S. The Morgan fingerprint density at radius 1 is 0.738 bits per heavy atom. The van der Waals surface area contributed by atoms with Crippen LogP contribution in [0.2, 0.25) is 0 Å². The predicted molar refractivity (Wildman–Crippen MR) is 161 cm³/mol. The summed E-state index contributed by atoms with van der Waals surface area (Å²) >= 11 is 0. The summed E-state index contributed by atoms with van der Waals surface area (Å²) in [6, 6.07) is 28.8. The zero-order valence-corrected chi connectivity index (χ0v) is 23.6. The third kappa shape index (κ3) is 3.77. The monoisotopic (exact) mass is 575 g/mol. The lowest BCUT2D eigenvalue weighted by molar-refractivity contribution is 0.349. The molecule has 0 fully saturated rings. The molecule has 0 spiro atoms. The second-order valence-electron chi connectivity index (χ2n) is 9.86. The van der Waals surface area contributed by atoms with Gasteiger partial charge in [-0.2, -0.15) is 0 Å². The fraction of sp³-hybridized carbons (Fsp3) is 0.0909. The van der Waals surface area contributed by atoms with Gasteiger partial charge in [0.05, 0.1) is 47.1 Å². The number of nitrogens with two attached hydrogens (primary N) is 1. The number of ether oxygens (including phenoxy) is 3. The quantitative estimate of drug-likeness (QED) is 0.194. The van der Waals surface area contributed by atoms with Gasteiger partial charge in [-0.3, -0.25) is 0 Å². The average molecular weight is 576 g/mol. The summed E-state index contributed by atoms with van der Waals surface area (Å²) in [5.41, 5.74) is 10.2. The number of nitrogens with zero attached hydrogens (tertiary/aromatic N) is 2. The fourth-order valence-corrected chi connectivity index (χ4v) is 7.41. The van der Waals surface area contributed by atoms with Crippen molar-refractivity contribution in [3.63, 3.8) is 0 Å². The van der Waals surface area contributed by atoms with Gasteiger partial charge < -0.3 is 19.9 Å². The summed E-state index contributed by atoms with van der Waals surface area (Å²) in [7, 11) is -1.12. The molecule has 0 saturated carbocycles. The molecule has 0 saturated heterocycles. The average Bonchev–Trinajstić information content (AvgIpc) is 3.03. The van der Waals surface area contributed by atoms with Crippen molar-refractivity contribution in [1.82, 2.24) is 9.97 Å². The number of rotatable bonds is 5. The molecule has 0 aliphatic carbocycles. The number of aromatic nitrogens is 2. The summed E-state index contributed by atoms with van der Waals surface area (Å²) < 4.78 is 46.6. The van der Waals surface area contributed by atoms with Crippen LogP contribution >= 0.6 is 0 Å². The fourth-order valence-electron chi connectivity index (χ4n) is 5.78. The van der Waals surface area contributed by atoms with E-state index in [9.17, 15) is 8.42 Å². The van der Waals surface area contributed by atoms with Crippen LogP contribution in [0, 0.1) is 0 Å². The van der Waals surface area contributed by atoms with Gasteiger partial charge in [0.25, 0.3) is 0 Å². The van der Waals surface area contributed by atoms with Gasteiger partial charge in [0.1, 0.15) is 10.7 Å². The first-order valence-corrected chi connectivity index (χ1v) is 14.7. The van der Waals surface area contributed by atoms with E-state index >= 15 is 0 Å². The van der Waals surface area contributed by atoms with Gasteiger partial charge in [0.15, 0.2) is 11.5 Å². The van der Waals surface area contributed by atoms with E-state index < -0.39 is 15.8 Å². The molecule has 0 bridgehead atoms. The molecule has 1 aliphatic rings. The van der Waals surface area contributed by atoms with Crippen LogP contribution in [0.25, 0.3) is 32.8 Å². The SMILES string of the molecule is COc1cccc(C2C(S(=O)(=O)c3ccccc3)=C(N)Oc3c2c2nc4ccccc4nc2c2ccccc32)c1OC. The first-order valence-electron chi connectivity index (χ1n) is 13.2. The van der Waals surface area contributed by atoms with Crippen LogP contribution in [0.4, 0.5) is 0 Å². The molecule has 8 nitrogen and oxygen atoms in total. The molecule has 208 valence electrons. The maximum atomic E-state index is 14.4. The Morgan fingerprint density at radius 2 is 1.38 bits per heavy atom. The molecular weight excluding hydrogens is 550 g/mol. The highest BCUT2D eigenvalue weighted by Gasteiger charge is 2.43. The molecule has 1 unspecified atom stereocenters. The van der Waals surface area contributed by atoms with E-state index in [0.29, 0.717) is 44.9 Å². The highest BCUT2D eigenvalue weighted by atomic mass is 32.2. The van der Waals surface area contributed by atoms with Gasteiger partial charge >= 0.3 is 0 Å². The van der Waals surface area contributed by atoms with E-state index in [4.69, 9.17) is 29.9 Å². The van der Waals surface area contributed by atoms with Crippen molar-refractivity contribution in [3.05, 3.63) is 119 Å². The minimum atomic E-state index is -4.18. The van der Waals surface area contributed by atoms with E-state index in [1.807, 2.05) is 54.6 Å². The molecule has 0 radical (unpaired) electrons. The van der Waals surface area contributed by atoms with Gasteiger partial charge in [0, 0.05) is 21.9 Å². The van der Waals surface area contributed by atoms with E-state index in [0.717, 1.165) is 16.3 Å². The zero-order chi connectivity index (χ0) is 29.0. The standard InChI is InChI=1S/C33H25N3O5S/c1-39-25-18-10-15-22(30(25)40-2)26-27-29-28(35-23-16-8-9-17-24(23)36-29)20-13-6-7-14-21(20)31(27)41-33(34)32(26)42(37,38)19-11-4-3-5-12-19/h3-18,26H,34H2,1-2H3. The lowest BCUT2D eigenvalue weighted by atomic mass is 9.85. The summed E-state index contributed by atoms with van der Waals surface area (Å²) in [6.07, 6.45) is 0. The molecule has 1 aliphatic heterocycles. The first-order chi connectivity index (χ1) is 20.4. The lowest BCUT2D eigenvalue weighted by Gasteiger charge is -2.32. The van der Waals surface area contributed by atoms with Crippen molar-refractivity contribution in [3.8, 4) is 17.2 Å². The van der Waals surface area contributed by atoms with Gasteiger partial charge in [-0.25, -0.2) is 18.4 Å². The largest absolute Gasteiger partial charge is 0.493 e. The van der Waals surface area contributed by atoms with Gasteiger partial charge in [-0.1, -0.05) is 66.7 Å². The van der Waals surface area contributed by atoms with Crippen molar-refractivity contribution >= 4 is 42.7 Å². The maximum Gasteiger partial charge on any atom is 0.208 e. The Bertz CT molecular complexity index is 2180. The number of fused-ring (bicyclic) bond motifs is 7. The summed E-state index contributed by atoms with van der Waals surface area (Å²) in [4.78, 5) is 10.0. The second-order valence-corrected chi connectivity index (χ2v) is 11.8. The minimum Gasteiger partial charge on any atom is -0.493 e. The molecule has 2 N–H and O–H groups in total. The van der Waals surface area contributed by atoms with Crippen molar-refractivity contribution < 1.29 is 22.6 Å². The Morgan fingerprint density at radius 3 is 2.07 bits per heavy atom. The number of hydrogen-bond acceptors (Lipinski definition) is 8. The first kappa shape index (κ1) is 25.8. The number of methoxy groups -OCH3 is 2. The van der Waals surface area contributed by atoms with Crippen molar-refractivity contribution in [1.29, 1.82) is 0 Å². The maximum absolute atomic E-state index is 14.4. The highest BCUT2D eigenvalue weighted by molar-refractivity contribution is 7.95. The van der Waals surface area contributed by atoms with Gasteiger partial charge in [-0.05, 0) is 30.3 Å². The van der Waals surface area contributed by atoms with Crippen molar-refractivity contribution in [2.24, 2.45) is 5.73 Å². The zero-order valence-electron chi connectivity index (χ0n) is 22.7. The Kier molecular flexibility index (Phi) is 5.98. The van der Waals surface area contributed by atoms with Crippen LogP contribution in [0.3, 0.4) is 0 Å². The van der Waals surface area contributed by atoms with E-state index in [2.05, 4.69) is 0 Å². The third-order valence-electron chi connectivity index (χ3n) is 7.59. The number of hydrogen-bond donors (Lipinski definition) is 1. The predicted octanol–water partition coefficient (Wildman–Crippen LogP) is 6.08. The normalized spacial score (nSPS) is 15.0. The lowest BCUT2D eigenvalue weighted by Crippen LogP contribution is -2.27. The Hall–Kier alpha value is -5.15. The van der Waals surface area contributed by atoms with Crippen LogP contribution < -0.4 is 19.9 Å². The summed E-state index contributed by atoms with van der Waals surface area (Å²) in [6.45, 7) is 0. The number of benzene rings is 5. The smallest absolute Gasteiger partial charge is 0.208 e. The van der Waals surface area contributed by atoms with Crippen molar-refractivity contribution in [2.75, 3.05) is 14.2 Å². The van der Waals surface area contributed by atoms with E-state index in [-0.39, 0.29) is 15.7 Å². The third-order valence-corrected chi connectivity index (χ3v) is 9.50. The summed E-state index contributed by atoms with van der Waals surface area (Å²) in [5, 5.41) is 1.54. The Labute approximate surface area is 241 Å². The summed E-state index contributed by atoms with van der Waals surface area (Å²) in [5.74, 6) is 0.0503. The molecule has 7 rings (SSSR count). The molecule has 6 aromatic rings. The number of allylic oxidation sites excluding steroid dienone is 1. The minimum absolute atomic E-state index is 0.0866. The highest BCUT2D eigenvalue weighted by Crippen LogP contribution is 2.54. The van der Waals surface area contributed by atoms with Crippen LogP contribution in [0.1, 0.15) is 17.0 Å². The van der Waals surface area contributed by atoms with Crippen LogP contribution in [-0.4, -0.2) is 32.6 Å². The van der Waals surface area contributed by atoms with Gasteiger partial charge in [0.2, 0.25) is 15.7 Å². The molecule has 1 aromatic heterocycles. The van der Waals surface area contributed by atoms with Crippen LogP contribution in [0.5, 0.6) is 17.2 Å². The molecule has 2 heterocycles. The second kappa shape index (κ2) is 9.74. The van der Waals surface area contributed by atoms with E-state index in [1.165, 1.54) is 26.4 Å². The van der Waals surface area contributed by atoms with Crippen LogP contribution in [0.15, 0.2) is 113 Å². The van der Waals surface area contributed by atoms with E-state index in [1.54, 1.807) is 30.3 Å². The van der Waals surface area contributed by atoms with Crippen LogP contribution in [-0.2, 0) is 9.84 Å². The molecule has 9 heteroatoms. The molecule has 5 aromatic carbocycles. The number of sulfone groups is 1.